The van der Waals surface area contributed by atoms with Crippen LogP contribution in [0.15, 0.2) is 71.3 Å². The number of oxazole rings is 1. The van der Waals surface area contributed by atoms with E-state index in [2.05, 4.69) is 44.2 Å². The zero-order valence-corrected chi connectivity index (χ0v) is 25.9. The van der Waals surface area contributed by atoms with Crippen LogP contribution in [0.3, 0.4) is 0 Å². The Morgan fingerprint density at radius 1 is 1.00 bits per heavy atom. The predicted molar refractivity (Wildman–Crippen MR) is 179 cm³/mol. The highest BCUT2D eigenvalue weighted by Crippen LogP contribution is 2.46. The minimum absolute atomic E-state index is 0.0320. The Morgan fingerprint density at radius 3 is 2.60 bits per heavy atom. The van der Waals surface area contributed by atoms with Crippen LogP contribution in [0.2, 0.25) is 24.2 Å². The average molecular weight is 578 g/mol. The molecule has 2 aromatic heterocycles. The van der Waals surface area contributed by atoms with Crippen molar-refractivity contribution in [3.8, 4) is 22.7 Å². The van der Waals surface area contributed by atoms with Gasteiger partial charge in [-0.05, 0) is 96.1 Å². The van der Waals surface area contributed by atoms with E-state index in [9.17, 15) is 1.37 Å². The second-order valence-electron chi connectivity index (χ2n) is 12.7. The molecule has 4 heteroatoms. The van der Waals surface area contributed by atoms with Gasteiger partial charge in [-0.3, -0.25) is 4.98 Å². The van der Waals surface area contributed by atoms with Gasteiger partial charge in [0, 0.05) is 22.8 Å². The summed E-state index contributed by atoms with van der Waals surface area (Å²) in [5.74, 6) is -0.366. The van der Waals surface area contributed by atoms with Crippen LogP contribution >= 0.6 is 0 Å². The molecule has 0 radical (unpaired) electrons. The molecule has 2 saturated heterocycles. The zero-order chi connectivity index (χ0) is 33.0. The van der Waals surface area contributed by atoms with E-state index < -0.39 is 20.8 Å². The number of nitrogens with zero attached hydrogens (tertiary/aromatic N) is 2. The maximum atomic E-state index is 9.49. The first-order chi connectivity index (χ1) is 22.5. The molecule has 42 heavy (non-hydrogen) atoms. The van der Waals surface area contributed by atoms with E-state index in [1.807, 2.05) is 6.07 Å². The number of rotatable bonds is 6. The Bertz CT molecular complexity index is 1930. The summed E-state index contributed by atoms with van der Waals surface area (Å²) in [6.45, 7) is 1.93. The molecule has 2 aliphatic rings. The van der Waals surface area contributed by atoms with Crippen molar-refractivity contribution in [2.75, 3.05) is 0 Å². The van der Waals surface area contributed by atoms with Crippen LogP contribution in [-0.2, 0) is 0 Å². The Morgan fingerprint density at radius 2 is 1.81 bits per heavy atom. The Hall–Kier alpha value is -3.24. The van der Waals surface area contributed by atoms with Gasteiger partial charge in [-0.25, -0.2) is 4.98 Å². The lowest BCUT2D eigenvalue weighted by Crippen LogP contribution is -2.39. The highest BCUT2D eigenvalue weighted by molar-refractivity contribution is 6.80. The predicted octanol–water partition coefficient (Wildman–Crippen LogP) is 11.4. The fourth-order valence-electron chi connectivity index (χ4n) is 7.76. The standard InChI is InChI=1S/C38H44N2OSi/c1-4-27(5-2)34-25-31(24-30-11-7-8-12-33(30)34)36-37-35(15-18-39-36)40-38(41-37)32-14-13-29(23-26(32)3)28-16-21-42(22-17-28)19-9-6-10-20-42/h7-8,11-15,18,23-25,27-28H,4-6,9-10,16-17,19-22H2,1-3H3/i3D3,14D,28D. The molecule has 0 atom stereocenters. The van der Waals surface area contributed by atoms with Crippen molar-refractivity contribution in [2.45, 2.75) is 102 Å². The molecule has 0 amide bonds. The molecule has 0 saturated carbocycles. The van der Waals surface area contributed by atoms with Gasteiger partial charge < -0.3 is 4.42 Å². The smallest absolute Gasteiger partial charge is 0.227 e. The Kier molecular flexibility index (Phi) is 6.08. The van der Waals surface area contributed by atoms with E-state index in [4.69, 9.17) is 19.9 Å². The number of pyridine rings is 1. The minimum atomic E-state index is -2.50. The van der Waals surface area contributed by atoms with E-state index in [0.29, 0.717) is 28.3 Å². The fourth-order valence-corrected chi connectivity index (χ4v) is 12.9. The van der Waals surface area contributed by atoms with Gasteiger partial charge in [-0.2, -0.15) is 0 Å². The molecule has 1 spiro atoms. The van der Waals surface area contributed by atoms with Crippen LogP contribution in [0, 0.1) is 6.85 Å². The van der Waals surface area contributed by atoms with Gasteiger partial charge in [0.15, 0.2) is 5.58 Å². The van der Waals surface area contributed by atoms with Gasteiger partial charge in [0.1, 0.15) is 11.2 Å². The third-order valence-electron chi connectivity index (χ3n) is 10.3. The first kappa shape index (κ1) is 22.3. The first-order valence-corrected chi connectivity index (χ1v) is 18.8. The molecule has 0 aliphatic carbocycles. The quantitative estimate of drug-likeness (QED) is 0.188. The summed E-state index contributed by atoms with van der Waals surface area (Å²) in [5.41, 5.74) is 4.72. The topological polar surface area (TPSA) is 38.9 Å². The molecule has 2 fully saturated rings. The molecular weight excluding hydrogens is 529 g/mol. The normalized spacial score (nSPS) is 20.3. The molecular formula is C38H44N2OSi. The van der Waals surface area contributed by atoms with Crippen molar-refractivity contribution in [1.29, 1.82) is 0 Å². The van der Waals surface area contributed by atoms with Gasteiger partial charge in [0.05, 0.1) is 9.44 Å². The van der Waals surface area contributed by atoms with E-state index >= 15 is 0 Å². The molecule has 2 aliphatic heterocycles. The van der Waals surface area contributed by atoms with E-state index in [1.165, 1.54) is 42.3 Å². The number of fused-ring (bicyclic) bond motifs is 2. The first-order valence-electron chi connectivity index (χ1n) is 18.5. The summed E-state index contributed by atoms with van der Waals surface area (Å²) in [5, 5.41) is 2.36. The van der Waals surface area contributed by atoms with Crippen LogP contribution < -0.4 is 0 Å². The molecule has 0 bridgehead atoms. The number of hydrogen-bond acceptors (Lipinski definition) is 3. The summed E-state index contributed by atoms with van der Waals surface area (Å²) in [7, 11) is -1.31. The second-order valence-corrected chi connectivity index (χ2v) is 17.7. The van der Waals surface area contributed by atoms with Gasteiger partial charge in [0.2, 0.25) is 5.89 Å². The van der Waals surface area contributed by atoms with Gasteiger partial charge in [0.25, 0.3) is 0 Å². The largest absolute Gasteiger partial charge is 0.434 e. The monoisotopic (exact) mass is 577 g/mol. The highest BCUT2D eigenvalue weighted by Gasteiger charge is 2.38. The molecule has 3 aromatic carbocycles. The van der Waals surface area contributed by atoms with E-state index in [1.54, 1.807) is 24.4 Å². The number of aryl methyl sites for hydroxylation is 1. The van der Waals surface area contributed by atoms with Gasteiger partial charge in [-0.15, -0.1) is 0 Å². The van der Waals surface area contributed by atoms with E-state index in [-0.39, 0.29) is 23.1 Å². The SMILES string of the molecule is [2H]c1cc(C2([2H])CC[Si]3(CCCCC3)CC2)cc(C([2H])([2H])[2H])c1-c1nc2ccnc(-c3cc(C(CC)CC)c4ccccc4c3)c2o1. The van der Waals surface area contributed by atoms with Crippen molar-refractivity contribution in [3.05, 3.63) is 83.5 Å². The maximum Gasteiger partial charge on any atom is 0.227 e. The maximum absolute atomic E-state index is 9.49. The third-order valence-corrected chi connectivity index (χ3v) is 15.7. The molecule has 216 valence electrons. The van der Waals surface area contributed by atoms with Crippen LogP contribution in [0.25, 0.3) is 44.6 Å². The third kappa shape index (κ3) is 5.02. The summed E-state index contributed by atoms with van der Waals surface area (Å²) in [6.07, 6.45) is 9.25. The molecule has 7 rings (SSSR count). The number of aromatic nitrogens is 2. The van der Waals surface area contributed by atoms with Crippen molar-refractivity contribution >= 4 is 29.9 Å². The minimum Gasteiger partial charge on any atom is -0.434 e. The van der Waals surface area contributed by atoms with Crippen molar-refractivity contribution in [2.24, 2.45) is 0 Å². The van der Waals surface area contributed by atoms with E-state index in [0.717, 1.165) is 48.7 Å². The summed E-state index contributed by atoms with van der Waals surface area (Å²) < 4.78 is 50.5. The van der Waals surface area contributed by atoms with Crippen LogP contribution in [0.4, 0.5) is 0 Å². The zero-order valence-electron chi connectivity index (χ0n) is 29.9. The molecule has 0 N–H and O–H groups in total. The lowest BCUT2D eigenvalue weighted by Gasteiger charge is -2.41. The highest BCUT2D eigenvalue weighted by atomic mass is 28.3. The molecule has 3 nitrogen and oxygen atoms in total. The van der Waals surface area contributed by atoms with Crippen LogP contribution in [-0.4, -0.2) is 18.0 Å². The fraction of sp³-hybridized carbons (Fsp3) is 0.421. The van der Waals surface area contributed by atoms with Crippen molar-refractivity contribution in [3.63, 3.8) is 0 Å². The summed E-state index contributed by atoms with van der Waals surface area (Å²) in [6, 6.07) is 22.9. The summed E-state index contributed by atoms with van der Waals surface area (Å²) >= 11 is 0. The van der Waals surface area contributed by atoms with Gasteiger partial charge in [-0.1, -0.05) is 93.7 Å². The van der Waals surface area contributed by atoms with Crippen molar-refractivity contribution in [1.82, 2.24) is 9.97 Å². The summed E-state index contributed by atoms with van der Waals surface area (Å²) in [4.78, 5) is 9.50. The Balaban J connectivity index is 1.31. The number of benzene rings is 3. The molecule has 5 aromatic rings. The van der Waals surface area contributed by atoms with Crippen LogP contribution in [0.1, 0.15) is 94.1 Å². The second kappa shape index (κ2) is 11.4. The lowest BCUT2D eigenvalue weighted by atomic mass is 9.87. The van der Waals surface area contributed by atoms with Crippen molar-refractivity contribution < 1.29 is 11.3 Å². The number of hydrogen-bond donors (Lipinski definition) is 0. The lowest BCUT2D eigenvalue weighted by molar-refractivity contribution is 0.575. The average Bonchev–Trinajstić information content (AvgIpc) is 3.50. The molecule has 4 heterocycles. The molecule has 0 unspecified atom stereocenters. The van der Waals surface area contributed by atoms with Crippen LogP contribution in [0.5, 0.6) is 0 Å². The van der Waals surface area contributed by atoms with Gasteiger partial charge >= 0.3 is 0 Å². The Labute approximate surface area is 258 Å².